The summed E-state index contributed by atoms with van der Waals surface area (Å²) in [5.74, 6) is -0.815. The van der Waals surface area contributed by atoms with E-state index in [1.807, 2.05) is 0 Å². The van der Waals surface area contributed by atoms with Crippen LogP contribution in [0.5, 0.6) is 0 Å². The van der Waals surface area contributed by atoms with Crippen molar-refractivity contribution in [3.05, 3.63) is 59.9 Å². The van der Waals surface area contributed by atoms with Gasteiger partial charge >= 0.3 is 0 Å². The summed E-state index contributed by atoms with van der Waals surface area (Å²) >= 11 is 0. The van der Waals surface area contributed by atoms with Gasteiger partial charge in [-0.05, 0) is 48.9 Å². The van der Waals surface area contributed by atoms with Crippen LogP contribution in [-0.2, 0) is 9.53 Å². The fourth-order valence-corrected chi connectivity index (χ4v) is 2.21. The number of benzene rings is 2. The monoisotopic (exact) mass is 359 g/mol. The zero-order valence-corrected chi connectivity index (χ0v) is 14.5. The first-order valence-electron chi connectivity index (χ1n) is 8.25. The van der Waals surface area contributed by atoms with Gasteiger partial charge in [0.1, 0.15) is 5.82 Å². The minimum absolute atomic E-state index is 0.0241. The van der Waals surface area contributed by atoms with Gasteiger partial charge in [0, 0.05) is 37.2 Å². The maximum Gasteiger partial charge on any atom is 0.251 e. The lowest BCUT2D eigenvalue weighted by molar-refractivity contribution is -0.114. The molecule has 2 amide bonds. The van der Waals surface area contributed by atoms with Crippen LogP contribution in [0.3, 0.4) is 0 Å². The van der Waals surface area contributed by atoms with Crippen LogP contribution >= 0.6 is 0 Å². The maximum atomic E-state index is 12.8. The third-order valence-electron chi connectivity index (χ3n) is 3.52. The Hall–Kier alpha value is -2.93. The van der Waals surface area contributed by atoms with Crippen LogP contribution in [0, 0.1) is 5.82 Å². The molecule has 7 heteroatoms. The molecule has 3 N–H and O–H groups in total. The Balaban J connectivity index is 1.82. The Kier molecular flexibility index (Phi) is 7.57. The predicted octanol–water partition coefficient (Wildman–Crippen LogP) is 2.64. The van der Waals surface area contributed by atoms with Crippen LogP contribution in [-0.4, -0.2) is 38.6 Å². The topological polar surface area (TPSA) is 79.5 Å². The second-order valence-corrected chi connectivity index (χ2v) is 5.59. The van der Waals surface area contributed by atoms with Crippen LogP contribution in [0.15, 0.2) is 48.5 Å². The van der Waals surface area contributed by atoms with Crippen LogP contribution in [0.2, 0.25) is 0 Å². The minimum Gasteiger partial charge on any atom is -0.385 e. The molecule has 0 aliphatic rings. The average Bonchev–Trinajstić information content (AvgIpc) is 2.65. The second kappa shape index (κ2) is 10.1. The van der Waals surface area contributed by atoms with Crippen molar-refractivity contribution in [3.63, 3.8) is 0 Å². The highest BCUT2D eigenvalue weighted by molar-refractivity contribution is 5.96. The smallest absolute Gasteiger partial charge is 0.251 e. The molecular weight excluding hydrogens is 337 g/mol. The SMILES string of the molecule is COCCCNC(=O)c1cccc(NCC(=O)Nc2ccc(F)cc2)c1. The first-order valence-corrected chi connectivity index (χ1v) is 8.25. The highest BCUT2D eigenvalue weighted by atomic mass is 19.1. The summed E-state index contributed by atoms with van der Waals surface area (Å²) in [6, 6.07) is 12.4. The third kappa shape index (κ3) is 6.52. The number of nitrogens with one attached hydrogen (secondary N) is 3. The zero-order valence-electron chi connectivity index (χ0n) is 14.5. The summed E-state index contributed by atoms with van der Waals surface area (Å²) in [6.45, 7) is 1.14. The summed E-state index contributed by atoms with van der Waals surface area (Å²) in [5.41, 5.74) is 1.68. The highest BCUT2D eigenvalue weighted by Crippen LogP contribution is 2.11. The van der Waals surface area contributed by atoms with E-state index < -0.39 is 0 Å². The summed E-state index contributed by atoms with van der Waals surface area (Å²) in [6.07, 6.45) is 0.740. The van der Waals surface area contributed by atoms with E-state index in [9.17, 15) is 14.0 Å². The first kappa shape index (κ1) is 19.4. The molecule has 0 bridgehead atoms. The van der Waals surface area contributed by atoms with Crippen molar-refractivity contribution in [1.82, 2.24) is 5.32 Å². The van der Waals surface area contributed by atoms with E-state index in [2.05, 4.69) is 16.0 Å². The molecular formula is C19H22FN3O3. The summed E-state index contributed by atoms with van der Waals surface area (Å²) in [4.78, 5) is 24.0. The van der Waals surface area contributed by atoms with Gasteiger partial charge in [0.05, 0.1) is 6.54 Å². The molecule has 0 heterocycles. The molecule has 0 unspecified atom stereocenters. The van der Waals surface area contributed by atoms with E-state index in [-0.39, 0.29) is 24.2 Å². The molecule has 0 aliphatic heterocycles. The maximum absolute atomic E-state index is 12.8. The lowest BCUT2D eigenvalue weighted by Crippen LogP contribution is -2.25. The van der Waals surface area contributed by atoms with Crippen molar-refractivity contribution < 1.29 is 18.7 Å². The Bertz CT molecular complexity index is 735. The van der Waals surface area contributed by atoms with E-state index in [1.165, 1.54) is 24.3 Å². The van der Waals surface area contributed by atoms with Gasteiger partial charge in [-0.3, -0.25) is 9.59 Å². The lowest BCUT2D eigenvalue weighted by Gasteiger charge is -2.10. The molecule has 0 fully saturated rings. The molecule has 0 saturated heterocycles. The Labute approximate surface area is 151 Å². The number of halogens is 1. The van der Waals surface area contributed by atoms with Crippen molar-refractivity contribution in [2.24, 2.45) is 0 Å². The van der Waals surface area contributed by atoms with Gasteiger partial charge in [-0.1, -0.05) is 6.07 Å². The number of ether oxygens (including phenoxy) is 1. The van der Waals surface area contributed by atoms with Gasteiger partial charge < -0.3 is 20.7 Å². The number of carbonyl (C=O) groups excluding carboxylic acids is 2. The van der Waals surface area contributed by atoms with Gasteiger partial charge in [0.2, 0.25) is 5.91 Å². The molecule has 0 atom stereocenters. The quantitative estimate of drug-likeness (QED) is 0.602. The Morgan fingerprint density at radius 3 is 2.58 bits per heavy atom. The molecule has 2 aromatic carbocycles. The number of carbonyl (C=O) groups is 2. The predicted molar refractivity (Wildman–Crippen MR) is 98.8 cm³/mol. The molecule has 0 radical (unpaired) electrons. The van der Waals surface area contributed by atoms with E-state index in [0.717, 1.165) is 6.42 Å². The van der Waals surface area contributed by atoms with E-state index >= 15 is 0 Å². The molecule has 0 saturated carbocycles. The number of hydrogen-bond donors (Lipinski definition) is 3. The number of anilines is 2. The molecule has 0 aliphatic carbocycles. The van der Waals surface area contributed by atoms with Gasteiger partial charge in [0.15, 0.2) is 0 Å². The van der Waals surface area contributed by atoms with E-state index in [4.69, 9.17) is 4.74 Å². The van der Waals surface area contributed by atoms with Crippen molar-refractivity contribution in [1.29, 1.82) is 0 Å². The zero-order chi connectivity index (χ0) is 18.8. The van der Waals surface area contributed by atoms with Crippen molar-refractivity contribution >= 4 is 23.2 Å². The summed E-state index contributed by atoms with van der Waals surface area (Å²) < 4.78 is 17.8. The van der Waals surface area contributed by atoms with Crippen LogP contribution in [0.4, 0.5) is 15.8 Å². The van der Waals surface area contributed by atoms with Crippen LogP contribution in [0.1, 0.15) is 16.8 Å². The first-order chi connectivity index (χ1) is 12.6. The second-order valence-electron chi connectivity index (χ2n) is 5.59. The number of rotatable bonds is 9. The Morgan fingerprint density at radius 1 is 1.08 bits per heavy atom. The molecule has 6 nitrogen and oxygen atoms in total. The van der Waals surface area contributed by atoms with Gasteiger partial charge in [-0.25, -0.2) is 4.39 Å². The van der Waals surface area contributed by atoms with Gasteiger partial charge in [-0.2, -0.15) is 0 Å². The van der Waals surface area contributed by atoms with E-state index in [1.54, 1.807) is 31.4 Å². The van der Waals surface area contributed by atoms with Gasteiger partial charge in [-0.15, -0.1) is 0 Å². The normalized spacial score (nSPS) is 10.2. The van der Waals surface area contributed by atoms with Crippen molar-refractivity contribution in [2.45, 2.75) is 6.42 Å². The summed E-state index contributed by atoms with van der Waals surface area (Å²) in [7, 11) is 1.61. The molecule has 2 aromatic rings. The largest absolute Gasteiger partial charge is 0.385 e. The Morgan fingerprint density at radius 2 is 1.85 bits per heavy atom. The standard InChI is InChI=1S/C19H22FN3O3/c1-26-11-3-10-21-19(25)14-4-2-5-17(12-14)22-13-18(24)23-16-8-6-15(20)7-9-16/h2,4-9,12,22H,3,10-11,13H2,1H3,(H,21,25)(H,23,24). The fraction of sp³-hybridized carbons (Fsp3) is 0.263. The molecule has 2 rings (SSSR count). The number of methoxy groups -OCH3 is 1. The fourth-order valence-electron chi connectivity index (χ4n) is 2.21. The molecule has 138 valence electrons. The average molecular weight is 359 g/mol. The molecule has 0 spiro atoms. The summed E-state index contributed by atoms with van der Waals surface area (Å²) in [5, 5.41) is 8.43. The lowest BCUT2D eigenvalue weighted by atomic mass is 10.2. The highest BCUT2D eigenvalue weighted by Gasteiger charge is 2.07. The number of hydrogen-bond acceptors (Lipinski definition) is 4. The van der Waals surface area contributed by atoms with Crippen molar-refractivity contribution in [3.8, 4) is 0 Å². The van der Waals surface area contributed by atoms with Crippen LogP contribution in [0.25, 0.3) is 0 Å². The van der Waals surface area contributed by atoms with E-state index in [0.29, 0.717) is 30.1 Å². The molecule has 0 aromatic heterocycles. The third-order valence-corrected chi connectivity index (χ3v) is 3.52. The number of amides is 2. The minimum atomic E-state index is -0.363. The van der Waals surface area contributed by atoms with Gasteiger partial charge in [0.25, 0.3) is 5.91 Å². The van der Waals surface area contributed by atoms with Crippen LogP contribution < -0.4 is 16.0 Å². The molecule has 26 heavy (non-hydrogen) atoms. The van der Waals surface area contributed by atoms with Crippen molar-refractivity contribution in [2.75, 3.05) is 37.4 Å².